The Hall–Kier alpha value is -1.13. The number of fused-ring (bicyclic) bond motifs is 1. The second-order valence-corrected chi connectivity index (χ2v) is 4.81. The Kier molecular flexibility index (Phi) is 3.97. The highest BCUT2D eigenvalue weighted by Crippen LogP contribution is 2.23. The summed E-state index contributed by atoms with van der Waals surface area (Å²) in [6.07, 6.45) is 2.01. The van der Waals surface area contributed by atoms with Crippen molar-refractivity contribution in [3.8, 4) is 0 Å². The number of aromatic nitrogens is 1. The van der Waals surface area contributed by atoms with E-state index in [0.717, 1.165) is 15.4 Å². The third-order valence-corrected chi connectivity index (χ3v) is 2.90. The second kappa shape index (κ2) is 5.47. The molecule has 1 amide bonds. The molecular formula is C12H10BrClN2O. The fourth-order valence-corrected chi connectivity index (χ4v) is 2.05. The van der Waals surface area contributed by atoms with Gasteiger partial charge in [-0.15, -0.1) is 11.6 Å². The molecule has 0 aliphatic rings. The van der Waals surface area contributed by atoms with Crippen LogP contribution in [0.4, 0.5) is 5.69 Å². The van der Waals surface area contributed by atoms with E-state index >= 15 is 0 Å². The maximum Gasteiger partial charge on any atom is 0.225 e. The van der Waals surface area contributed by atoms with E-state index in [4.69, 9.17) is 11.6 Å². The number of benzene rings is 1. The first-order chi connectivity index (χ1) is 8.20. The summed E-state index contributed by atoms with van der Waals surface area (Å²) in [6, 6.07) is 7.62. The number of carbonyl (C=O) groups is 1. The molecule has 5 heteroatoms. The molecule has 1 N–H and O–H groups in total. The average Bonchev–Trinajstić information content (AvgIpc) is 2.29. The van der Waals surface area contributed by atoms with Gasteiger partial charge in [-0.25, -0.2) is 0 Å². The summed E-state index contributed by atoms with van der Waals surface area (Å²) in [4.78, 5) is 15.8. The molecule has 0 radical (unpaired) electrons. The molecule has 1 heterocycles. The first-order valence-corrected chi connectivity index (χ1v) is 6.43. The van der Waals surface area contributed by atoms with Crippen molar-refractivity contribution in [2.24, 2.45) is 0 Å². The van der Waals surface area contributed by atoms with Crippen LogP contribution in [0.15, 0.2) is 34.9 Å². The van der Waals surface area contributed by atoms with Crippen molar-refractivity contribution < 1.29 is 4.79 Å². The van der Waals surface area contributed by atoms with Crippen molar-refractivity contribution in [3.05, 3.63) is 34.9 Å². The third kappa shape index (κ3) is 2.96. The standard InChI is InChI=1S/C12H10BrClN2O/c13-9-6-8-2-1-3-10(12(8)15-7-9)16-11(17)4-5-14/h1-3,6-7H,4-5H2,(H,16,17). The van der Waals surface area contributed by atoms with Gasteiger partial charge in [0.15, 0.2) is 0 Å². The van der Waals surface area contributed by atoms with E-state index in [-0.39, 0.29) is 5.91 Å². The summed E-state index contributed by atoms with van der Waals surface area (Å²) >= 11 is 8.88. The van der Waals surface area contributed by atoms with Crippen LogP contribution in [0.25, 0.3) is 10.9 Å². The first kappa shape index (κ1) is 12.3. The van der Waals surface area contributed by atoms with Gasteiger partial charge in [-0.3, -0.25) is 9.78 Å². The first-order valence-electron chi connectivity index (χ1n) is 5.11. The Morgan fingerprint density at radius 2 is 2.29 bits per heavy atom. The predicted molar refractivity (Wildman–Crippen MR) is 73.4 cm³/mol. The number of nitrogens with zero attached hydrogens (tertiary/aromatic N) is 1. The van der Waals surface area contributed by atoms with E-state index < -0.39 is 0 Å². The lowest BCUT2D eigenvalue weighted by atomic mass is 10.2. The maximum absolute atomic E-state index is 11.5. The van der Waals surface area contributed by atoms with Gasteiger partial charge in [0.2, 0.25) is 5.91 Å². The molecule has 0 aliphatic heterocycles. The Bertz CT molecular complexity index is 559. The molecule has 0 unspecified atom stereocenters. The molecule has 0 bridgehead atoms. The molecule has 0 saturated heterocycles. The highest BCUT2D eigenvalue weighted by Gasteiger charge is 2.06. The topological polar surface area (TPSA) is 42.0 Å². The summed E-state index contributed by atoms with van der Waals surface area (Å²) in [5, 5.41) is 3.78. The summed E-state index contributed by atoms with van der Waals surface area (Å²) in [5.41, 5.74) is 1.49. The molecule has 2 rings (SSSR count). The zero-order chi connectivity index (χ0) is 12.3. The number of halogens is 2. The van der Waals surface area contributed by atoms with Gasteiger partial charge in [0, 0.05) is 28.4 Å². The molecule has 3 nitrogen and oxygen atoms in total. The summed E-state index contributed by atoms with van der Waals surface area (Å²) < 4.78 is 0.911. The van der Waals surface area contributed by atoms with Gasteiger partial charge in [0.1, 0.15) is 0 Å². The smallest absolute Gasteiger partial charge is 0.225 e. The van der Waals surface area contributed by atoms with Gasteiger partial charge < -0.3 is 5.32 Å². The number of hydrogen-bond donors (Lipinski definition) is 1. The Labute approximate surface area is 112 Å². The van der Waals surface area contributed by atoms with Gasteiger partial charge in [-0.05, 0) is 28.1 Å². The van der Waals surface area contributed by atoms with Crippen LogP contribution >= 0.6 is 27.5 Å². The quantitative estimate of drug-likeness (QED) is 0.880. The maximum atomic E-state index is 11.5. The molecule has 2 aromatic rings. The molecular weight excluding hydrogens is 304 g/mol. The van der Waals surface area contributed by atoms with Crippen molar-refractivity contribution in [1.29, 1.82) is 0 Å². The zero-order valence-electron chi connectivity index (χ0n) is 8.91. The number of para-hydroxylation sites is 1. The molecule has 17 heavy (non-hydrogen) atoms. The van der Waals surface area contributed by atoms with Crippen molar-refractivity contribution in [1.82, 2.24) is 4.98 Å². The van der Waals surface area contributed by atoms with E-state index in [1.165, 1.54) is 0 Å². The number of pyridine rings is 1. The van der Waals surface area contributed by atoms with Crippen molar-refractivity contribution in [2.45, 2.75) is 6.42 Å². The van der Waals surface area contributed by atoms with Crippen LogP contribution in [-0.2, 0) is 4.79 Å². The number of carbonyl (C=O) groups excluding carboxylic acids is 1. The van der Waals surface area contributed by atoms with Gasteiger partial charge in [-0.2, -0.15) is 0 Å². The minimum atomic E-state index is -0.0998. The lowest BCUT2D eigenvalue weighted by molar-refractivity contribution is -0.115. The molecule has 0 fully saturated rings. The minimum absolute atomic E-state index is 0.0998. The van der Waals surface area contributed by atoms with Gasteiger partial charge in [0.25, 0.3) is 0 Å². The third-order valence-electron chi connectivity index (χ3n) is 2.27. The largest absolute Gasteiger partial charge is 0.324 e. The monoisotopic (exact) mass is 312 g/mol. The predicted octanol–water partition coefficient (Wildman–Crippen LogP) is 3.56. The van der Waals surface area contributed by atoms with Crippen LogP contribution in [0, 0.1) is 0 Å². The van der Waals surface area contributed by atoms with E-state index in [0.29, 0.717) is 18.0 Å². The van der Waals surface area contributed by atoms with Crippen LogP contribution in [0.3, 0.4) is 0 Å². The Morgan fingerprint density at radius 3 is 3.06 bits per heavy atom. The number of anilines is 1. The highest BCUT2D eigenvalue weighted by atomic mass is 79.9. The minimum Gasteiger partial charge on any atom is -0.324 e. The summed E-state index contributed by atoms with van der Waals surface area (Å²) in [6.45, 7) is 0. The van der Waals surface area contributed by atoms with Crippen LogP contribution in [0.2, 0.25) is 0 Å². The van der Waals surface area contributed by atoms with Crippen molar-refractivity contribution >= 4 is 50.0 Å². The Morgan fingerprint density at radius 1 is 1.47 bits per heavy atom. The molecule has 1 aromatic carbocycles. The summed E-state index contributed by atoms with van der Waals surface area (Å²) in [7, 11) is 0. The van der Waals surface area contributed by atoms with Crippen LogP contribution in [0.1, 0.15) is 6.42 Å². The molecule has 88 valence electrons. The zero-order valence-corrected chi connectivity index (χ0v) is 11.3. The Balaban J connectivity index is 2.37. The lowest BCUT2D eigenvalue weighted by Crippen LogP contribution is -2.12. The molecule has 1 aromatic heterocycles. The number of rotatable bonds is 3. The number of hydrogen-bond acceptors (Lipinski definition) is 2. The van der Waals surface area contributed by atoms with Crippen molar-refractivity contribution in [2.75, 3.05) is 11.2 Å². The van der Waals surface area contributed by atoms with Gasteiger partial charge in [0.05, 0.1) is 11.2 Å². The van der Waals surface area contributed by atoms with Gasteiger partial charge in [-0.1, -0.05) is 12.1 Å². The highest BCUT2D eigenvalue weighted by molar-refractivity contribution is 9.10. The second-order valence-electron chi connectivity index (χ2n) is 3.52. The fraction of sp³-hybridized carbons (Fsp3) is 0.167. The molecule has 0 aliphatic carbocycles. The summed E-state index contributed by atoms with van der Waals surface area (Å²) in [5.74, 6) is 0.215. The normalized spacial score (nSPS) is 10.5. The van der Waals surface area contributed by atoms with Crippen molar-refractivity contribution in [3.63, 3.8) is 0 Å². The van der Waals surface area contributed by atoms with Crippen LogP contribution in [0.5, 0.6) is 0 Å². The number of alkyl halides is 1. The van der Waals surface area contributed by atoms with E-state index in [9.17, 15) is 4.79 Å². The average molecular weight is 314 g/mol. The van der Waals surface area contributed by atoms with Gasteiger partial charge >= 0.3 is 0 Å². The SMILES string of the molecule is O=C(CCCl)Nc1cccc2cc(Br)cnc12. The lowest BCUT2D eigenvalue weighted by Gasteiger charge is -2.07. The number of amides is 1. The van der Waals surface area contributed by atoms with E-state index in [2.05, 4.69) is 26.2 Å². The fourth-order valence-electron chi connectivity index (χ4n) is 1.53. The van der Waals surface area contributed by atoms with E-state index in [1.54, 1.807) is 6.20 Å². The van der Waals surface area contributed by atoms with E-state index in [1.807, 2.05) is 24.3 Å². The molecule has 0 spiro atoms. The van der Waals surface area contributed by atoms with Crippen LogP contribution < -0.4 is 5.32 Å². The van der Waals surface area contributed by atoms with Crippen LogP contribution in [-0.4, -0.2) is 16.8 Å². The molecule has 0 saturated carbocycles. The number of nitrogens with one attached hydrogen (secondary N) is 1. The molecule has 0 atom stereocenters.